The zero-order valence-corrected chi connectivity index (χ0v) is 17.3. The number of aromatic nitrogens is 2. The third kappa shape index (κ3) is 4.73. The van der Waals surface area contributed by atoms with Gasteiger partial charge in [0.05, 0.1) is 12.2 Å². The normalized spacial score (nSPS) is 10.8. The largest absolute Gasteiger partial charge is 0.300 e. The molecule has 4 nitrogen and oxygen atoms in total. The summed E-state index contributed by atoms with van der Waals surface area (Å²) in [7, 11) is 0. The van der Waals surface area contributed by atoms with Crippen LogP contribution in [-0.2, 0) is 17.8 Å². The molecular weight excluding hydrogens is 428 g/mol. The van der Waals surface area contributed by atoms with Crippen LogP contribution in [0, 0.1) is 6.92 Å². The van der Waals surface area contributed by atoms with E-state index in [9.17, 15) is 9.59 Å². The van der Waals surface area contributed by atoms with E-state index >= 15 is 0 Å². The number of ketones is 1. The molecule has 2 aromatic carbocycles. The SMILES string of the molecule is CC(=O)Cc1cc(-c2ccc(Br)cc2)nn(Cc2ccc(C)cc2Cl)c1=O. The number of carbonyl (C=O) groups is 1. The smallest absolute Gasteiger partial charge is 0.270 e. The van der Waals surface area contributed by atoms with Crippen LogP contribution in [-0.4, -0.2) is 15.6 Å². The molecule has 0 saturated heterocycles. The molecule has 0 atom stereocenters. The minimum atomic E-state index is -0.275. The van der Waals surface area contributed by atoms with Gasteiger partial charge < -0.3 is 0 Å². The van der Waals surface area contributed by atoms with Gasteiger partial charge in [0, 0.05) is 27.0 Å². The molecule has 1 aromatic heterocycles. The van der Waals surface area contributed by atoms with Crippen molar-refractivity contribution in [2.75, 3.05) is 0 Å². The van der Waals surface area contributed by atoms with E-state index in [4.69, 9.17) is 11.6 Å². The van der Waals surface area contributed by atoms with Crippen LogP contribution in [0.5, 0.6) is 0 Å². The Labute approximate surface area is 170 Å². The zero-order valence-electron chi connectivity index (χ0n) is 15.0. The summed E-state index contributed by atoms with van der Waals surface area (Å²) in [5, 5.41) is 5.11. The lowest BCUT2D eigenvalue weighted by Crippen LogP contribution is -2.28. The van der Waals surface area contributed by atoms with Crippen molar-refractivity contribution in [1.82, 2.24) is 9.78 Å². The Morgan fingerprint density at radius 3 is 2.44 bits per heavy atom. The van der Waals surface area contributed by atoms with E-state index in [1.165, 1.54) is 11.6 Å². The Morgan fingerprint density at radius 2 is 1.81 bits per heavy atom. The van der Waals surface area contributed by atoms with Gasteiger partial charge in [0.15, 0.2) is 0 Å². The molecule has 0 fully saturated rings. The van der Waals surface area contributed by atoms with Crippen LogP contribution in [0.4, 0.5) is 0 Å². The van der Waals surface area contributed by atoms with Crippen molar-refractivity contribution in [3.8, 4) is 11.3 Å². The summed E-state index contributed by atoms with van der Waals surface area (Å²) in [4.78, 5) is 24.4. The van der Waals surface area contributed by atoms with Crippen molar-refractivity contribution >= 4 is 33.3 Å². The molecule has 0 N–H and O–H groups in total. The topological polar surface area (TPSA) is 52.0 Å². The van der Waals surface area contributed by atoms with Gasteiger partial charge >= 0.3 is 0 Å². The first-order valence-electron chi connectivity index (χ1n) is 8.45. The van der Waals surface area contributed by atoms with Gasteiger partial charge in [-0.15, -0.1) is 0 Å². The molecular formula is C21H18BrClN2O2. The fraction of sp³-hybridized carbons (Fsp3) is 0.190. The minimum Gasteiger partial charge on any atom is -0.300 e. The number of hydrogen-bond donors (Lipinski definition) is 0. The van der Waals surface area contributed by atoms with E-state index in [-0.39, 0.29) is 24.3 Å². The average molecular weight is 446 g/mol. The van der Waals surface area contributed by atoms with Crippen molar-refractivity contribution in [1.29, 1.82) is 0 Å². The number of hydrogen-bond acceptors (Lipinski definition) is 3. The predicted octanol–water partition coefficient (Wildman–Crippen LogP) is 4.81. The molecule has 0 aliphatic carbocycles. The molecule has 0 aliphatic heterocycles. The quantitative estimate of drug-likeness (QED) is 0.566. The first kappa shape index (κ1) is 19.5. The number of nitrogens with zero attached hydrogens (tertiary/aromatic N) is 2. The Kier molecular flexibility index (Phi) is 5.92. The van der Waals surface area contributed by atoms with Crippen molar-refractivity contribution in [2.45, 2.75) is 26.8 Å². The summed E-state index contributed by atoms with van der Waals surface area (Å²) in [6.07, 6.45) is 0.0759. The minimum absolute atomic E-state index is 0.0695. The fourth-order valence-electron chi connectivity index (χ4n) is 2.80. The number of benzene rings is 2. The lowest BCUT2D eigenvalue weighted by atomic mass is 10.1. The number of aryl methyl sites for hydroxylation is 1. The standard InChI is InChI=1S/C21H18BrClN2O2/c1-13-3-4-16(19(23)9-13)12-25-21(27)17(10-14(2)26)11-20(24-25)15-5-7-18(22)8-6-15/h3-9,11H,10,12H2,1-2H3. The van der Waals surface area contributed by atoms with Gasteiger partial charge in [-0.3, -0.25) is 9.59 Å². The molecule has 1 heterocycles. The van der Waals surface area contributed by atoms with E-state index < -0.39 is 0 Å². The third-order valence-corrected chi connectivity index (χ3v) is 5.04. The number of halogens is 2. The van der Waals surface area contributed by atoms with Crippen molar-refractivity contribution < 1.29 is 4.79 Å². The summed E-state index contributed by atoms with van der Waals surface area (Å²) in [6.45, 7) is 3.67. The molecule has 0 amide bonds. The second-order valence-corrected chi connectivity index (χ2v) is 7.82. The van der Waals surface area contributed by atoms with Gasteiger partial charge in [0.25, 0.3) is 5.56 Å². The van der Waals surface area contributed by atoms with Gasteiger partial charge in [-0.2, -0.15) is 5.10 Å². The summed E-state index contributed by atoms with van der Waals surface area (Å²) >= 11 is 9.74. The lowest BCUT2D eigenvalue weighted by molar-refractivity contribution is -0.116. The highest BCUT2D eigenvalue weighted by atomic mass is 79.9. The Balaban J connectivity index is 2.10. The molecule has 6 heteroatoms. The van der Waals surface area contributed by atoms with Gasteiger partial charge in [0.1, 0.15) is 5.78 Å². The molecule has 0 unspecified atom stereocenters. The molecule has 0 saturated carbocycles. The summed E-state index contributed by atoms with van der Waals surface area (Å²) in [5.74, 6) is -0.0695. The highest BCUT2D eigenvalue weighted by Gasteiger charge is 2.13. The first-order valence-corrected chi connectivity index (χ1v) is 9.62. The average Bonchev–Trinajstić information content (AvgIpc) is 2.60. The van der Waals surface area contributed by atoms with Crippen molar-refractivity contribution in [3.05, 3.63) is 85.1 Å². The first-order chi connectivity index (χ1) is 12.8. The van der Waals surface area contributed by atoms with Crippen LogP contribution in [0.15, 0.2) is 57.8 Å². The Hall–Kier alpha value is -2.24. The molecule has 3 rings (SSSR count). The van der Waals surface area contributed by atoms with Crippen LogP contribution in [0.1, 0.15) is 23.6 Å². The summed E-state index contributed by atoms with van der Waals surface area (Å²) in [5.41, 5.74) is 3.51. The van der Waals surface area contributed by atoms with Crippen LogP contribution in [0.25, 0.3) is 11.3 Å². The number of rotatable bonds is 5. The van der Waals surface area contributed by atoms with Crippen LogP contribution in [0.3, 0.4) is 0 Å². The van der Waals surface area contributed by atoms with E-state index in [1.54, 1.807) is 6.07 Å². The predicted molar refractivity (Wildman–Crippen MR) is 111 cm³/mol. The van der Waals surface area contributed by atoms with Crippen LogP contribution < -0.4 is 5.56 Å². The second kappa shape index (κ2) is 8.19. The maximum Gasteiger partial charge on any atom is 0.270 e. The van der Waals surface area contributed by atoms with E-state index in [0.717, 1.165) is 21.2 Å². The number of carbonyl (C=O) groups excluding carboxylic acids is 1. The molecule has 0 bridgehead atoms. The van der Waals surface area contributed by atoms with Gasteiger partial charge in [-0.1, -0.05) is 51.8 Å². The van der Waals surface area contributed by atoms with Gasteiger partial charge in [0.2, 0.25) is 0 Å². The van der Waals surface area contributed by atoms with E-state index in [2.05, 4.69) is 21.0 Å². The maximum absolute atomic E-state index is 12.8. The van der Waals surface area contributed by atoms with E-state index in [0.29, 0.717) is 16.3 Å². The third-order valence-electron chi connectivity index (χ3n) is 4.16. The highest BCUT2D eigenvalue weighted by molar-refractivity contribution is 9.10. The van der Waals surface area contributed by atoms with Crippen molar-refractivity contribution in [2.24, 2.45) is 0 Å². The Bertz CT molecular complexity index is 1060. The molecule has 0 spiro atoms. The molecule has 27 heavy (non-hydrogen) atoms. The molecule has 3 aromatic rings. The van der Waals surface area contributed by atoms with Crippen LogP contribution >= 0.6 is 27.5 Å². The second-order valence-electron chi connectivity index (χ2n) is 6.50. The van der Waals surface area contributed by atoms with Crippen LogP contribution in [0.2, 0.25) is 5.02 Å². The zero-order chi connectivity index (χ0) is 19.6. The summed E-state index contributed by atoms with van der Waals surface area (Å²) < 4.78 is 2.33. The summed E-state index contributed by atoms with van der Waals surface area (Å²) in [6, 6.07) is 15.0. The van der Waals surface area contributed by atoms with Gasteiger partial charge in [-0.05, 0) is 49.2 Å². The van der Waals surface area contributed by atoms with Crippen molar-refractivity contribution in [3.63, 3.8) is 0 Å². The maximum atomic E-state index is 12.8. The van der Waals surface area contributed by atoms with E-state index in [1.807, 2.05) is 49.4 Å². The lowest BCUT2D eigenvalue weighted by Gasteiger charge is -2.12. The van der Waals surface area contributed by atoms with Gasteiger partial charge in [-0.25, -0.2) is 4.68 Å². The number of Topliss-reactive ketones (excluding diaryl/α,β-unsaturated/α-hetero) is 1. The Morgan fingerprint density at radius 1 is 1.11 bits per heavy atom. The molecule has 0 radical (unpaired) electrons. The fourth-order valence-corrected chi connectivity index (χ4v) is 3.36. The highest BCUT2D eigenvalue weighted by Crippen LogP contribution is 2.21. The molecule has 138 valence electrons. The molecule has 0 aliphatic rings. The monoisotopic (exact) mass is 444 g/mol.